The van der Waals surface area contributed by atoms with Gasteiger partial charge >= 0.3 is 0 Å². The van der Waals surface area contributed by atoms with Gasteiger partial charge in [-0.3, -0.25) is 0 Å². The second-order valence-electron chi connectivity index (χ2n) is 19.9. The van der Waals surface area contributed by atoms with Gasteiger partial charge in [0.05, 0.1) is 13.7 Å². The Morgan fingerprint density at radius 3 is 1.94 bits per heavy atom. The molecular formula is C64H63N4OPt-3. The van der Waals surface area contributed by atoms with Gasteiger partial charge in [0.1, 0.15) is 5.82 Å². The molecule has 0 spiro atoms. The quantitative estimate of drug-likeness (QED) is 0.0851. The number of fused-ring (bicyclic) bond motifs is 4. The van der Waals surface area contributed by atoms with Gasteiger partial charge in [0.15, 0.2) is 0 Å². The Kier molecular flexibility index (Phi) is 10.8. The van der Waals surface area contributed by atoms with Crippen molar-refractivity contribution in [1.29, 1.82) is 0 Å². The Bertz CT molecular complexity index is 3750. The van der Waals surface area contributed by atoms with Crippen LogP contribution in [0.15, 0.2) is 158 Å². The number of benzene rings is 7. The number of rotatable bonds is 13. The number of hydrogen-bond acceptors (Lipinski definition) is 4. The Hall–Kier alpha value is -6.42. The largest absolute Gasteiger partial charge is 0.509 e. The number of pyridine rings is 1. The van der Waals surface area contributed by atoms with Gasteiger partial charge < -0.3 is 19.1 Å². The van der Waals surface area contributed by atoms with Crippen LogP contribution >= 0.6 is 0 Å². The van der Waals surface area contributed by atoms with E-state index in [1.54, 1.807) is 23.7 Å². The van der Waals surface area contributed by atoms with E-state index in [-0.39, 0.29) is 54.4 Å². The number of nitrogens with zero attached hydrogens (tertiary/aromatic N) is 4. The van der Waals surface area contributed by atoms with E-state index >= 15 is 0 Å². The zero-order valence-corrected chi connectivity index (χ0v) is 43.3. The normalized spacial score (nSPS) is 14.7. The predicted octanol–water partition coefficient (Wildman–Crippen LogP) is 17.6. The summed E-state index contributed by atoms with van der Waals surface area (Å²) in [4.78, 5) is 8.65. The molecule has 0 N–H and O–H groups in total. The fourth-order valence-electron chi connectivity index (χ4n) is 9.48. The van der Waals surface area contributed by atoms with Gasteiger partial charge in [-0.1, -0.05) is 159 Å². The molecule has 1 aliphatic heterocycles. The molecule has 0 amide bonds. The van der Waals surface area contributed by atoms with Crippen LogP contribution < -0.4 is 14.5 Å². The number of anilines is 4. The van der Waals surface area contributed by atoms with Gasteiger partial charge in [0.25, 0.3) is 0 Å². The van der Waals surface area contributed by atoms with Crippen LogP contribution in [0.5, 0.6) is 11.5 Å². The Morgan fingerprint density at radius 2 is 1.30 bits per heavy atom. The molecule has 2 aromatic heterocycles. The summed E-state index contributed by atoms with van der Waals surface area (Å²) in [7, 11) is 0. The van der Waals surface area contributed by atoms with Crippen LogP contribution in [-0.4, -0.2) is 9.55 Å². The first kappa shape index (κ1) is 37.4. The minimum absolute atomic E-state index is 0. The molecule has 0 aliphatic carbocycles. The maximum atomic E-state index is 9.28. The van der Waals surface area contributed by atoms with Crippen LogP contribution in [0.2, 0.25) is 0 Å². The molecule has 0 atom stereocenters. The molecule has 358 valence electrons. The van der Waals surface area contributed by atoms with E-state index in [4.69, 9.17) is 17.9 Å². The summed E-state index contributed by atoms with van der Waals surface area (Å²) in [5, 5.41) is 2.27. The standard InChI is InChI=1S/C64H63N4O.Pt/c1-9-11-14-23-46-32-35-58-61(52(46)22-10-2)53-34-33-51(42-59(53)68(58)60-40-47(36-37-65-60)63(3,4)5)69-50-29-21-28-49(41-50)66-43-67(57-31-20-19-30-56(57)66)62-54(44-24-15-12-16-25-44)38-48(64(6,7)8)39-55(62)45-26-17-13-18-27-45;/h12-13,15-21,24-40,43H,9-11,14,22-23H2,1-8H3;/q-3;/i12D,13D,15D,16D,17D,18D,24D,25D,26D,27D;. The van der Waals surface area contributed by atoms with Gasteiger partial charge in [-0.2, -0.15) is 12.1 Å². The molecule has 9 aromatic rings. The zero-order valence-electron chi connectivity index (χ0n) is 51.1. The first-order valence-electron chi connectivity index (χ1n) is 29.1. The third-order valence-electron chi connectivity index (χ3n) is 13.0. The van der Waals surface area contributed by atoms with Crippen LogP contribution in [-0.2, 0) is 44.7 Å². The third kappa shape index (κ3) is 9.46. The monoisotopic (exact) mass is 1110 g/mol. The topological polar surface area (TPSA) is 33.5 Å². The van der Waals surface area contributed by atoms with Crippen molar-refractivity contribution in [3.63, 3.8) is 0 Å². The van der Waals surface area contributed by atoms with Crippen LogP contribution in [0.4, 0.5) is 22.7 Å². The molecule has 0 saturated heterocycles. The number of para-hydroxylation sites is 2. The maximum Gasteiger partial charge on any atom is 0.135 e. The fraction of sp³-hybridized carbons (Fsp3) is 0.250. The molecule has 0 saturated carbocycles. The Labute approximate surface area is 444 Å². The molecule has 5 nitrogen and oxygen atoms in total. The molecule has 70 heavy (non-hydrogen) atoms. The Balaban J connectivity index is 0.00000774. The maximum absolute atomic E-state index is 9.28. The van der Waals surface area contributed by atoms with Crippen molar-refractivity contribution in [2.24, 2.45) is 0 Å². The van der Waals surface area contributed by atoms with Crippen molar-refractivity contribution < 1.29 is 39.5 Å². The van der Waals surface area contributed by atoms with Crippen molar-refractivity contribution in [3.8, 4) is 39.6 Å². The second-order valence-corrected chi connectivity index (χ2v) is 19.9. The van der Waals surface area contributed by atoms with Crippen LogP contribution in [0.1, 0.15) is 117 Å². The number of aromatic nitrogens is 2. The number of ether oxygens (including phenoxy) is 1. The van der Waals surface area contributed by atoms with E-state index in [1.165, 1.54) is 22.9 Å². The third-order valence-corrected chi connectivity index (χ3v) is 13.0. The number of aryl methyl sites for hydroxylation is 2. The van der Waals surface area contributed by atoms with Gasteiger partial charge in [0.2, 0.25) is 0 Å². The minimum Gasteiger partial charge on any atom is -0.509 e. The molecule has 0 radical (unpaired) electrons. The van der Waals surface area contributed by atoms with Crippen LogP contribution in [0.25, 0.3) is 49.9 Å². The van der Waals surface area contributed by atoms with Crippen molar-refractivity contribution in [1.82, 2.24) is 9.55 Å². The first-order valence-corrected chi connectivity index (χ1v) is 24.1. The minimum atomic E-state index is -0.626. The average molecular weight is 1110 g/mol. The van der Waals surface area contributed by atoms with Crippen molar-refractivity contribution >= 4 is 44.6 Å². The van der Waals surface area contributed by atoms with Gasteiger partial charge in [0, 0.05) is 72.5 Å². The van der Waals surface area contributed by atoms with E-state index in [2.05, 4.69) is 81.7 Å². The smallest absolute Gasteiger partial charge is 0.135 e. The van der Waals surface area contributed by atoms with E-state index in [1.807, 2.05) is 80.4 Å². The molecule has 6 heteroatoms. The number of unbranched alkanes of at least 4 members (excludes halogenated alkanes) is 2. The van der Waals surface area contributed by atoms with E-state index in [0.29, 0.717) is 34.1 Å². The van der Waals surface area contributed by atoms with Crippen molar-refractivity contribution in [3.05, 3.63) is 199 Å². The van der Waals surface area contributed by atoms with Gasteiger partial charge in [-0.25, -0.2) is 4.98 Å². The molecule has 10 rings (SSSR count). The molecule has 0 unspecified atom stereocenters. The van der Waals surface area contributed by atoms with Crippen LogP contribution in [0.3, 0.4) is 0 Å². The molecule has 3 heterocycles. The van der Waals surface area contributed by atoms with E-state index in [9.17, 15) is 5.48 Å². The van der Waals surface area contributed by atoms with Crippen LogP contribution in [0, 0.1) is 18.8 Å². The summed E-state index contributed by atoms with van der Waals surface area (Å²) in [6.45, 7) is 18.7. The fourth-order valence-corrected chi connectivity index (χ4v) is 9.48. The summed E-state index contributed by atoms with van der Waals surface area (Å²) < 4.78 is 98.2. The second kappa shape index (κ2) is 20.1. The average Bonchev–Trinajstić information content (AvgIpc) is 4.18. The summed E-state index contributed by atoms with van der Waals surface area (Å²) in [5.41, 5.74) is 7.96. The van der Waals surface area contributed by atoms with Gasteiger partial charge in [-0.05, 0) is 111 Å². The summed E-state index contributed by atoms with van der Waals surface area (Å²) >= 11 is 0. The van der Waals surface area contributed by atoms with Gasteiger partial charge in [-0.15, -0.1) is 48.1 Å². The Morgan fingerprint density at radius 1 is 0.643 bits per heavy atom. The SMILES string of the molecule is [2H]c1c([2H])c([2H])c(-c2cc(C(C)(C)C)cc(-c3c([2H])c([2H])c([2H])c([2H])c3[2H])c2N2[CH-]N(c3[c-]c(Oc4[c-]c5c(cc4)c4c(CCC)c(CCCCC)ccc4n5-c4cc(C(C)(C)C)ccn4)ccc3)c3ccccc32)c([2H])c1[2H].[Pt]. The first-order chi connectivity index (χ1) is 37.5. The summed E-state index contributed by atoms with van der Waals surface area (Å²) in [5.74, 6) is 1.66. The molecular weight excluding hydrogens is 1040 g/mol. The van der Waals surface area contributed by atoms with E-state index < -0.39 is 65.8 Å². The van der Waals surface area contributed by atoms with E-state index in [0.717, 1.165) is 59.9 Å². The zero-order chi connectivity index (χ0) is 56.6. The molecule has 1 aliphatic rings. The van der Waals surface area contributed by atoms with Crippen molar-refractivity contribution in [2.45, 2.75) is 105 Å². The molecule has 0 fully saturated rings. The molecule has 7 aromatic carbocycles. The predicted molar refractivity (Wildman–Crippen MR) is 290 cm³/mol. The summed E-state index contributed by atoms with van der Waals surface area (Å²) in [6.07, 6.45) is 8.28. The summed E-state index contributed by atoms with van der Waals surface area (Å²) in [6, 6.07) is 31.6. The number of hydrogen-bond donors (Lipinski definition) is 0. The molecule has 0 bridgehead atoms. The van der Waals surface area contributed by atoms with Crippen molar-refractivity contribution in [2.75, 3.05) is 9.80 Å².